The third kappa shape index (κ3) is 6.13. The lowest BCUT2D eigenvalue weighted by Gasteiger charge is -2.28. The second kappa shape index (κ2) is 8.80. The number of rotatable bonds is 4. The van der Waals surface area contributed by atoms with Gasteiger partial charge < -0.3 is 10.6 Å². The Morgan fingerprint density at radius 3 is 2.63 bits per heavy atom. The van der Waals surface area contributed by atoms with Crippen LogP contribution in [0.3, 0.4) is 0 Å². The van der Waals surface area contributed by atoms with Gasteiger partial charge in [-0.3, -0.25) is 4.79 Å². The highest BCUT2D eigenvalue weighted by molar-refractivity contribution is 5.85. The fourth-order valence-corrected chi connectivity index (χ4v) is 3.37. The van der Waals surface area contributed by atoms with E-state index in [1.165, 1.54) is 38.5 Å². The van der Waals surface area contributed by atoms with E-state index >= 15 is 0 Å². The maximum absolute atomic E-state index is 11.9. The molecule has 3 nitrogen and oxygen atoms in total. The average Bonchev–Trinajstić information content (AvgIpc) is 2.38. The number of halogens is 1. The largest absolute Gasteiger partial charge is 0.353 e. The van der Waals surface area contributed by atoms with Crippen molar-refractivity contribution in [1.82, 2.24) is 10.6 Å². The molecule has 112 valence electrons. The van der Waals surface area contributed by atoms with Gasteiger partial charge in [-0.25, -0.2) is 0 Å². The Labute approximate surface area is 123 Å². The van der Waals surface area contributed by atoms with Gasteiger partial charge in [-0.1, -0.05) is 19.8 Å². The second-order valence-corrected chi connectivity index (χ2v) is 6.27. The molecule has 2 atom stereocenters. The van der Waals surface area contributed by atoms with Crippen LogP contribution >= 0.6 is 12.4 Å². The van der Waals surface area contributed by atoms with E-state index in [-0.39, 0.29) is 18.3 Å². The molecule has 0 spiro atoms. The Morgan fingerprint density at radius 1 is 1.21 bits per heavy atom. The van der Waals surface area contributed by atoms with E-state index in [4.69, 9.17) is 0 Å². The first-order valence-corrected chi connectivity index (χ1v) is 7.74. The van der Waals surface area contributed by atoms with Crippen molar-refractivity contribution in [2.24, 2.45) is 11.8 Å². The average molecular weight is 289 g/mol. The monoisotopic (exact) mass is 288 g/mol. The van der Waals surface area contributed by atoms with Crippen LogP contribution in [0.15, 0.2) is 0 Å². The van der Waals surface area contributed by atoms with Gasteiger partial charge in [0.1, 0.15) is 0 Å². The highest BCUT2D eigenvalue weighted by atomic mass is 35.5. The van der Waals surface area contributed by atoms with Crippen molar-refractivity contribution in [1.29, 1.82) is 0 Å². The third-order valence-electron chi connectivity index (χ3n) is 4.54. The summed E-state index contributed by atoms with van der Waals surface area (Å²) < 4.78 is 0. The van der Waals surface area contributed by atoms with Gasteiger partial charge in [-0.05, 0) is 57.0 Å². The highest BCUT2D eigenvalue weighted by Gasteiger charge is 2.21. The van der Waals surface area contributed by atoms with Crippen LogP contribution in [0, 0.1) is 11.8 Å². The molecule has 1 amide bonds. The van der Waals surface area contributed by atoms with Crippen LogP contribution in [0.25, 0.3) is 0 Å². The fraction of sp³-hybridized carbons (Fsp3) is 0.933. The fourth-order valence-electron chi connectivity index (χ4n) is 3.37. The molecular weight excluding hydrogens is 260 g/mol. The van der Waals surface area contributed by atoms with Crippen molar-refractivity contribution in [3.05, 3.63) is 0 Å². The minimum atomic E-state index is 0. The maximum atomic E-state index is 11.9. The number of hydrogen-bond acceptors (Lipinski definition) is 2. The molecule has 2 N–H and O–H groups in total. The zero-order valence-corrected chi connectivity index (χ0v) is 12.9. The van der Waals surface area contributed by atoms with Crippen molar-refractivity contribution in [2.45, 2.75) is 64.3 Å². The predicted octanol–water partition coefficient (Wildman–Crippen LogP) is 2.88. The zero-order valence-electron chi connectivity index (χ0n) is 12.1. The topological polar surface area (TPSA) is 41.1 Å². The van der Waals surface area contributed by atoms with Crippen LogP contribution in [-0.4, -0.2) is 25.0 Å². The Balaban J connectivity index is 0.00000180. The summed E-state index contributed by atoms with van der Waals surface area (Å²) in [6, 6.07) is 0.453. The van der Waals surface area contributed by atoms with E-state index in [0.717, 1.165) is 37.8 Å². The van der Waals surface area contributed by atoms with Crippen molar-refractivity contribution >= 4 is 18.3 Å². The van der Waals surface area contributed by atoms with E-state index in [2.05, 4.69) is 17.6 Å². The first kappa shape index (κ1) is 16.8. The number of piperidine rings is 1. The molecule has 2 rings (SSSR count). The first-order valence-electron chi connectivity index (χ1n) is 7.74. The molecule has 0 radical (unpaired) electrons. The van der Waals surface area contributed by atoms with Crippen LogP contribution in [0.4, 0.5) is 0 Å². The number of hydrogen-bond donors (Lipinski definition) is 2. The second-order valence-electron chi connectivity index (χ2n) is 6.27. The summed E-state index contributed by atoms with van der Waals surface area (Å²) in [7, 11) is 0. The van der Waals surface area contributed by atoms with E-state index < -0.39 is 0 Å². The summed E-state index contributed by atoms with van der Waals surface area (Å²) in [6.45, 7) is 4.56. The summed E-state index contributed by atoms with van der Waals surface area (Å²) >= 11 is 0. The number of amides is 1. The summed E-state index contributed by atoms with van der Waals surface area (Å²) in [5.74, 6) is 1.84. The Morgan fingerprint density at radius 2 is 1.95 bits per heavy atom. The van der Waals surface area contributed by atoms with Gasteiger partial charge >= 0.3 is 0 Å². The summed E-state index contributed by atoms with van der Waals surface area (Å²) in [6.07, 6.45) is 9.27. The minimum Gasteiger partial charge on any atom is -0.353 e. The van der Waals surface area contributed by atoms with Gasteiger partial charge in [0, 0.05) is 12.5 Å². The predicted molar refractivity (Wildman–Crippen MR) is 81.6 cm³/mol. The molecule has 4 heteroatoms. The van der Waals surface area contributed by atoms with Gasteiger partial charge in [0.15, 0.2) is 0 Å². The molecule has 0 aromatic rings. The van der Waals surface area contributed by atoms with Gasteiger partial charge in [0.2, 0.25) is 5.91 Å². The lowest BCUT2D eigenvalue weighted by molar-refractivity contribution is -0.122. The molecule has 1 aliphatic heterocycles. The van der Waals surface area contributed by atoms with Gasteiger partial charge in [-0.2, -0.15) is 0 Å². The molecule has 0 bridgehead atoms. The zero-order chi connectivity index (χ0) is 12.8. The number of nitrogens with one attached hydrogen (secondary N) is 2. The maximum Gasteiger partial charge on any atom is 0.220 e. The molecule has 1 saturated carbocycles. The van der Waals surface area contributed by atoms with Crippen LogP contribution in [0.1, 0.15) is 58.3 Å². The molecule has 2 aliphatic rings. The van der Waals surface area contributed by atoms with E-state index in [1.807, 2.05) is 0 Å². The Hall–Kier alpha value is -0.280. The van der Waals surface area contributed by atoms with E-state index in [9.17, 15) is 4.79 Å². The summed E-state index contributed by atoms with van der Waals surface area (Å²) in [5.41, 5.74) is 0. The van der Waals surface area contributed by atoms with Crippen LogP contribution in [-0.2, 0) is 4.79 Å². The number of carbonyl (C=O) groups is 1. The lowest BCUT2D eigenvalue weighted by atomic mass is 9.87. The molecule has 1 heterocycles. The van der Waals surface area contributed by atoms with Crippen molar-refractivity contribution in [2.75, 3.05) is 13.1 Å². The molecule has 2 unspecified atom stereocenters. The molecule has 19 heavy (non-hydrogen) atoms. The van der Waals surface area contributed by atoms with Gasteiger partial charge in [0.05, 0.1) is 0 Å². The number of carbonyl (C=O) groups excluding carboxylic acids is 1. The summed E-state index contributed by atoms with van der Waals surface area (Å²) in [4.78, 5) is 11.9. The molecule has 2 fully saturated rings. The minimum absolute atomic E-state index is 0. The molecule has 0 aromatic heterocycles. The SMILES string of the molecule is CC1CCCC(NC(=O)CCC2CCNCC2)C1.Cl. The quantitative estimate of drug-likeness (QED) is 0.835. The molecule has 1 saturated heterocycles. The molecular formula is C15H29ClN2O. The van der Waals surface area contributed by atoms with E-state index in [1.54, 1.807) is 0 Å². The van der Waals surface area contributed by atoms with Gasteiger partial charge in [-0.15, -0.1) is 12.4 Å². The third-order valence-corrected chi connectivity index (χ3v) is 4.54. The summed E-state index contributed by atoms with van der Waals surface area (Å²) in [5, 5.41) is 6.61. The Bertz CT molecular complexity index is 267. The van der Waals surface area contributed by atoms with Crippen LogP contribution in [0.2, 0.25) is 0 Å². The standard InChI is InChI=1S/C15H28N2O.ClH/c1-12-3-2-4-14(11-12)17-15(18)6-5-13-7-9-16-10-8-13;/h12-14,16H,2-11H2,1H3,(H,17,18);1H. The van der Waals surface area contributed by atoms with Crippen molar-refractivity contribution in [3.8, 4) is 0 Å². The van der Waals surface area contributed by atoms with Gasteiger partial charge in [0.25, 0.3) is 0 Å². The van der Waals surface area contributed by atoms with Crippen molar-refractivity contribution < 1.29 is 4.79 Å². The normalized spacial score (nSPS) is 28.5. The smallest absolute Gasteiger partial charge is 0.220 e. The van der Waals surface area contributed by atoms with E-state index in [0.29, 0.717) is 6.04 Å². The Kier molecular flexibility index (Phi) is 7.77. The van der Waals surface area contributed by atoms with Crippen LogP contribution < -0.4 is 10.6 Å². The first-order chi connectivity index (χ1) is 8.74. The molecule has 1 aliphatic carbocycles. The molecule has 0 aromatic carbocycles. The van der Waals surface area contributed by atoms with Crippen LogP contribution in [0.5, 0.6) is 0 Å². The van der Waals surface area contributed by atoms with Crippen molar-refractivity contribution in [3.63, 3.8) is 0 Å². The highest BCUT2D eigenvalue weighted by Crippen LogP contribution is 2.24. The lowest BCUT2D eigenvalue weighted by Crippen LogP contribution is -2.38.